The number of nitrogens with zero attached hydrogens (tertiary/aromatic N) is 4. The van der Waals surface area contributed by atoms with Gasteiger partial charge >= 0.3 is 0 Å². The minimum absolute atomic E-state index is 0.0232. The van der Waals surface area contributed by atoms with Gasteiger partial charge < -0.3 is 0 Å². The van der Waals surface area contributed by atoms with Crippen LogP contribution in [-0.2, 0) is 16.2 Å². The Kier molecular flexibility index (Phi) is 7.16. The van der Waals surface area contributed by atoms with E-state index < -0.39 is 0 Å². The summed E-state index contributed by atoms with van der Waals surface area (Å²) >= 11 is 9.85. The van der Waals surface area contributed by atoms with Crippen LogP contribution in [0.1, 0.15) is 104 Å². The average Bonchev–Trinajstić information content (AvgIpc) is 2.57. The minimum Gasteiger partial charge on any atom is -0.237 e. The van der Waals surface area contributed by atoms with Gasteiger partial charge in [0.2, 0.25) is 0 Å². The van der Waals surface area contributed by atoms with Gasteiger partial charge in [-0.25, -0.2) is 19.9 Å². The third-order valence-electron chi connectivity index (χ3n) is 5.16. The van der Waals surface area contributed by atoms with Gasteiger partial charge in [0.25, 0.3) is 0 Å². The monoisotopic (exact) mass is 480 g/mol. The number of hydrogen-bond acceptors (Lipinski definition) is 4. The lowest BCUT2D eigenvalue weighted by Gasteiger charge is -2.27. The maximum atomic E-state index is 6.29. The Morgan fingerprint density at radius 3 is 2.03 bits per heavy atom. The van der Waals surface area contributed by atoms with Crippen LogP contribution in [0.25, 0.3) is 0 Å². The first-order valence-corrected chi connectivity index (χ1v) is 11.4. The van der Waals surface area contributed by atoms with Gasteiger partial charge in [0.05, 0.1) is 5.69 Å². The zero-order valence-corrected chi connectivity index (χ0v) is 21.5. The highest BCUT2D eigenvalue weighted by molar-refractivity contribution is 9.10. The summed E-state index contributed by atoms with van der Waals surface area (Å²) in [5.74, 6) is 1.93. The average molecular weight is 482 g/mol. The van der Waals surface area contributed by atoms with Crippen LogP contribution in [0.5, 0.6) is 0 Å². The van der Waals surface area contributed by atoms with Crippen molar-refractivity contribution in [3.8, 4) is 0 Å². The van der Waals surface area contributed by atoms with Crippen molar-refractivity contribution in [1.82, 2.24) is 19.9 Å². The molecule has 2 aromatic heterocycles. The van der Waals surface area contributed by atoms with Crippen molar-refractivity contribution in [2.45, 2.75) is 97.3 Å². The van der Waals surface area contributed by atoms with E-state index in [1.807, 2.05) is 12.1 Å². The topological polar surface area (TPSA) is 51.6 Å². The van der Waals surface area contributed by atoms with Gasteiger partial charge in [0, 0.05) is 21.9 Å². The lowest BCUT2D eigenvalue weighted by Crippen LogP contribution is -2.25. The lowest BCUT2D eigenvalue weighted by atomic mass is 9.83. The summed E-state index contributed by atoms with van der Waals surface area (Å²) in [4.78, 5) is 18.8. The van der Waals surface area contributed by atoms with E-state index >= 15 is 0 Å². The first-order chi connectivity index (χ1) is 13.1. The molecule has 2 rings (SSSR count). The highest BCUT2D eigenvalue weighted by Crippen LogP contribution is 2.33. The van der Waals surface area contributed by atoms with Crippen molar-refractivity contribution in [2.75, 3.05) is 0 Å². The van der Waals surface area contributed by atoms with Crippen molar-refractivity contribution in [3.63, 3.8) is 0 Å². The summed E-state index contributed by atoms with van der Waals surface area (Å²) in [5, 5.41) is 0.510. The molecule has 0 aliphatic heterocycles. The van der Waals surface area contributed by atoms with Crippen LogP contribution in [0, 0.1) is 0 Å². The Balaban J connectivity index is 2.23. The molecule has 0 bridgehead atoms. The molecule has 1 atom stereocenters. The summed E-state index contributed by atoms with van der Waals surface area (Å²) in [7, 11) is 0. The highest BCUT2D eigenvalue weighted by Gasteiger charge is 2.28. The van der Waals surface area contributed by atoms with E-state index in [1.54, 1.807) is 0 Å². The Morgan fingerprint density at radius 1 is 0.862 bits per heavy atom. The largest absolute Gasteiger partial charge is 0.237 e. The Hall–Kier alpha value is -1.07. The van der Waals surface area contributed by atoms with E-state index in [1.165, 1.54) is 0 Å². The van der Waals surface area contributed by atoms with Gasteiger partial charge in [-0.05, 0) is 46.8 Å². The van der Waals surface area contributed by atoms with Crippen molar-refractivity contribution in [2.24, 2.45) is 0 Å². The summed E-state index contributed by atoms with van der Waals surface area (Å²) in [6, 6.07) is 3.90. The Morgan fingerprint density at radius 2 is 1.48 bits per heavy atom. The highest BCUT2D eigenvalue weighted by atomic mass is 79.9. The van der Waals surface area contributed by atoms with E-state index in [0.29, 0.717) is 5.15 Å². The second-order valence-electron chi connectivity index (χ2n) is 10.7. The van der Waals surface area contributed by atoms with Crippen molar-refractivity contribution in [1.29, 1.82) is 0 Å². The van der Waals surface area contributed by atoms with Crippen LogP contribution in [-0.4, -0.2) is 19.9 Å². The first-order valence-electron chi connectivity index (χ1n) is 10.2. The number of halogens is 2. The van der Waals surface area contributed by atoms with Crippen LogP contribution in [0.4, 0.5) is 0 Å². The van der Waals surface area contributed by atoms with E-state index in [9.17, 15) is 0 Å². The number of rotatable bonds is 5. The third kappa shape index (κ3) is 6.45. The SMILES string of the molecule is CC(CCC(C)(C)c1nc(Br)cc(C(C)(C)C)n1)c1cc(Cl)nc(C(C)(C)C)n1. The second kappa shape index (κ2) is 8.58. The molecule has 160 valence electrons. The predicted molar refractivity (Wildman–Crippen MR) is 125 cm³/mol. The van der Waals surface area contributed by atoms with Gasteiger partial charge in [0.1, 0.15) is 21.4 Å². The van der Waals surface area contributed by atoms with Crippen LogP contribution in [0.2, 0.25) is 5.15 Å². The standard InChI is InChI=1S/C23H34BrClN4/c1-14(15-12-18(25)29-19(26-15)22(5,6)7)10-11-23(8,9)20-27-16(21(2,3)4)13-17(24)28-20/h12-14H,10-11H2,1-9H3. The van der Waals surface area contributed by atoms with Gasteiger partial charge in [-0.15, -0.1) is 0 Å². The molecule has 0 aliphatic carbocycles. The predicted octanol–water partition coefficient (Wildman–Crippen LogP) is 7.14. The maximum absolute atomic E-state index is 6.29. The maximum Gasteiger partial charge on any atom is 0.135 e. The summed E-state index contributed by atoms with van der Waals surface area (Å²) in [6.07, 6.45) is 1.91. The Labute approximate surface area is 189 Å². The second-order valence-corrected chi connectivity index (χ2v) is 11.9. The fourth-order valence-corrected chi connectivity index (χ4v) is 3.54. The zero-order valence-electron chi connectivity index (χ0n) is 19.2. The molecule has 2 aromatic rings. The normalized spacial score (nSPS) is 14.2. The molecular weight excluding hydrogens is 448 g/mol. The van der Waals surface area contributed by atoms with E-state index in [-0.39, 0.29) is 22.2 Å². The molecule has 2 heterocycles. The molecule has 0 saturated heterocycles. The van der Waals surface area contributed by atoms with Gasteiger partial charge in [0.15, 0.2) is 0 Å². The first kappa shape index (κ1) is 24.2. The van der Waals surface area contributed by atoms with Crippen molar-refractivity contribution in [3.05, 3.63) is 44.9 Å². The van der Waals surface area contributed by atoms with E-state index in [0.717, 1.165) is 40.5 Å². The summed E-state index contributed by atoms with van der Waals surface area (Å²) in [6.45, 7) is 19.5. The molecule has 0 fully saturated rings. The molecule has 0 aliphatic rings. The smallest absolute Gasteiger partial charge is 0.135 e. The number of hydrogen-bond donors (Lipinski definition) is 0. The zero-order chi connectivity index (χ0) is 22.2. The molecule has 0 amide bonds. The lowest BCUT2D eigenvalue weighted by molar-refractivity contribution is 0.407. The van der Waals surface area contributed by atoms with Gasteiger partial charge in [-0.2, -0.15) is 0 Å². The molecule has 0 aromatic carbocycles. The third-order valence-corrected chi connectivity index (χ3v) is 5.76. The van der Waals surface area contributed by atoms with Crippen LogP contribution >= 0.6 is 27.5 Å². The Bertz CT molecular complexity index is 866. The van der Waals surface area contributed by atoms with E-state index in [2.05, 4.69) is 88.2 Å². The fraction of sp³-hybridized carbons (Fsp3) is 0.652. The molecular formula is C23H34BrClN4. The van der Waals surface area contributed by atoms with Crippen LogP contribution < -0.4 is 0 Å². The molecule has 0 saturated carbocycles. The minimum atomic E-state index is -0.151. The van der Waals surface area contributed by atoms with E-state index in [4.69, 9.17) is 21.6 Å². The van der Waals surface area contributed by atoms with Crippen molar-refractivity contribution < 1.29 is 0 Å². The quantitative estimate of drug-likeness (QED) is 0.426. The van der Waals surface area contributed by atoms with Gasteiger partial charge in [-0.1, -0.05) is 73.9 Å². The molecule has 1 unspecified atom stereocenters. The van der Waals surface area contributed by atoms with Crippen molar-refractivity contribution >= 4 is 27.5 Å². The fourth-order valence-electron chi connectivity index (χ4n) is 2.96. The summed E-state index contributed by atoms with van der Waals surface area (Å²) < 4.78 is 0.839. The molecule has 0 N–H and O–H groups in total. The molecule has 0 spiro atoms. The number of aromatic nitrogens is 4. The molecule has 0 radical (unpaired) electrons. The molecule has 4 nitrogen and oxygen atoms in total. The molecule has 29 heavy (non-hydrogen) atoms. The van der Waals surface area contributed by atoms with Crippen LogP contribution in [0.3, 0.4) is 0 Å². The summed E-state index contributed by atoms with van der Waals surface area (Å²) in [5.41, 5.74) is 1.74. The molecule has 6 heteroatoms. The van der Waals surface area contributed by atoms with Crippen LogP contribution in [0.15, 0.2) is 16.7 Å². The van der Waals surface area contributed by atoms with Gasteiger partial charge in [-0.3, -0.25) is 0 Å².